The Labute approximate surface area is 211 Å². The zero-order chi connectivity index (χ0) is 26.4. The molecule has 1 atom stereocenters. The summed E-state index contributed by atoms with van der Waals surface area (Å²) in [5.74, 6) is 0.101. The van der Waals surface area contributed by atoms with Gasteiger partial charge in [-0.1, -0.05) is 18.2 Å². The molecular weight excluding hydrogens is 507 g/mol. The highest BCUT2D eigenvalue weighted by Crippen LogP contribution is 2.33. The predicted octanol–water partition coefficient (Wildman–Crippen LogP) is 3.85. The fourth-order valence-electron chi connectivity index (χ4n) is 4.30. The monoisotopic (exact) mass is 531 g/mol. The second kappa shape index (κ2) is 9.42. The molecule has 1 aromatic heterocycles. The van der Waals surface area contributed by atoms with Gasteiger partial charge in [-0.2, -0.15) is 13.2 Å². The fourth-order valence-corrected chi connectivity index (χ4v) is 4.97. The number of halogens is 3. The van der Waals surface area contributed by atoms with Crippen LogP contribution in [0.25, 0.3) is 0 Å². The summed E-state index contributed by atoms with van der Waals surface area (Å²) >= 11 is 0. The van der Waals surface area contributed by atoms with E-state index in [-0.39, 0.29) is 16.8 Å². The Balaban J connectivity index is 1.26. The van der Waals surface area contributed by atoms with Gasteiger partial charge in [-0.15, -0.1) is 0 Å². The first-order chi connectivity index (χ1) is 17.5. The highest BCUT2D eigenvalue weighted by molar-refractivity contribution is 7.90. The maximum atomic E-state index is 12.9. The first-order valence-corrected chi connectivity index (χ1v) is 13.5. The van der Waals surface area contributed by atoms with Crippen molar-refractivity contribution in [3.05, 3.63) is 77.1 Å². The summed E-state index contributed by atoms with van der Waals surface area (Å²) < 4.78 is 62.2. The summed E-state index contributed by atoms with van der Waals surface area (Å²) in [4.78, 5) is 23.8. The smallest absolute Gasteiger partial charge is 0.334 e. The Morgan fingerprint density at radius 1 is 1.11 bits per heavy atom. The summed E-state index contributed by atoms with van der Waals surface area (Å²) in [5.41, 5.74) is 1.87. The Kier molecular flexibility index (Phi) is 6.40. The lowest BCUT2D eigenvalue weighted by atomic mass is 10.0. The highest BCUT2D eigenvalue weighted by atomic mass is 32.2. The molecule has 2 N–H and O–H groups in total. The number of nitrogens with one attached hydrogen (secondary N) is 2. The van der Waals surface area contributed by atoms with E-state index in [2.05, 4.69) is 20.6 Å². The summed E-state index contributed by atoms with van der Waals surface area (Å²) in [6, 6.07) is 9.31. The molecule has 194 valence electrons. The van der Waals surface area contributed by atoms with E-state index in [4.69, 9.17) is 0 Å². The molecule has 0 saturated heterocycles. The third-order valence-electron chi connectivity index (χ3n) is 6.40. The number of nitrogens with zero attached hydrogens (tertiary/aromatic N) is 3. The molecule has 12 heteroatoms. The van der Waals surface area contributed by atoms with Crippen LogP contribution in [0.2, 0.25) is 0 Å². The number of alkyl halides is 3. The summed E-state index contributed by atoms with van der Waals surface area (Å²) in [5, 5.41) is 5.87. The third-order valence-corrected chi connectivity index (χ3v) is 7.51. The van der Waals surface area contributed by atoms with Gasteiger partial charge in [-0.05, 0) is 53.8 Å². The van der Waals surface area contributed by atoms with Crippen LogP contribution in [-0.4, -0.2) is 36.6 Å². The van der Waals surface area contributed by atoms with Crippen LogP contribution in [0.1, 0.15) is 41.1 Å². The Morgan fingerprint density at radius 2 is 1.78 bits per heavy atom. The van der Waals surface area contributed by atoms with Crippen molar-refractivity contribution >= 4 is 27.4 Å². The van der Waals surface area contributed by atoms with Crippen LogP contribution in [-0.2, 0) is 33.9 Å². The number of rotatable bonds is 7. The number of anilines is 2. The van der Waals surface area contributed by atoms with E-state index < -0.39 is 27.6 Å². The van der Waals surface area contributed by atoms with Crippen molar-refractivity contribution in [1.29, 1.82) is 0 Å². The Hall–Kier alpha value is -3.51. The van der Waals surface area contributed by atoms with E-state index in [0.29, 0.717) is 35.9 Å². The first-order valence-electron chi connectivity index (χ1n) is 11.6. The zero-order valence-corrected chi connectivity index (χ0v) is 20.6. The molecule has 0 bridgehead atoms. The maximum absolute atomic E-state index is 12.9. The van der Waals surface area contributed by atoms with Crippen molar-refractivity contribution in [2.24, 2.45) is 0 Å². The topological polar surface area (TPSA) is 104 Å². The lowest BCUT2D eigenvalue weighted by Crippen LogP contribution is -2.29. The summed E-state index contributed by atoms with van der Waals surface area (Å²) in [6.07, 6.45) is 1.62. The number of hydrogen-bond donors (Lipinski definition) is 2. The average Bonchev–Trinajstić information content (AvgIpc) is 3.60. The quantitative estimate of drug-likeness (QED) is 0.477. The van der Waals surface area contributed by atoms with Crippen molar-refractivity contribution in [2.45, 2.75) is 49.1 Å². The number of hydrogen-bond acceptors (Lipinski definition) is 7. The molecule has 2 aliphatic rings. The van der Waals surface area contributed by atoms with E-state index >= 15 is 0 Å². The van der Waals surface area contributed by atoms with Crippen LogP contribution >= 0.6 is 0 Å². The summed E-state index contributed by atoms with van der Waals surface area (Å²) in [7, 11) is -3.35. The Bertz CT molecular complexity index is 1420. The summed E-state index contributed by atoms with van der Waals surface area (Å²) in [6.45, 7) is 0.735. The van der Waals surface area contributed by atoms with Crippen LogP contribution in [0.3, 0.4) is 0 Å². The molecular formula is C25H24F3N5O3S. The number of sulfone groups is 1. The van der Waals surface area contributed by atoms with E-state index in [1.165, 1.54) is 30.6 Å². The van der Waals surface area contributed by atoms with Crippen LogP contribution in [0.15, 0.2) is 59.8 Å². The van der Waals surface area contributed by atoms with Crippen molar-refractivity contribution < 1.29 is 26.4 Å². The van der Waals surface area contributed by atoms with Crippen molar-refractivity contribution in [3.8, 4) is 0 Å². The first kappa shape index (κ1) is 25.2. The number of aromatic nitrogens is 2. The second-order valence-corrected chi connectivity index (χ2v) is 11.3. The molecule has 1 saturated carbocycles. The van der Waals surface area contributed by atoms with Gasteiger partial charge < -0.3 is 10.2 Å². The largest absolute Gasteiger partial charge is 0.416 e. The minimum atomic E-state index is -4.38. The zero-order valence-electron chi connectivity index (χ0n) is 19.8. The molecule has 2 heterocycles. The number of amides is 1. The van der Waals surface area contributed by atoms with Crippen LogP contribution in [0.5, 0.6) is 0 Å². The molecule has 2 aromatic carbocycles. The SMILES string of the molecule is CS(=O)(=O)c1ccc2c(c1)CNC2C(=O)Nc1cnc(N(Cc2ccc(C(F)(F)F)cc2)C2CC2)nc1. The molecule has 3 aromatic rings. The van der Waals surface area contributed by atoms with E-state index in [0.717, 1.165) is 36.8 Å². The van der Waals surface area contributed by atoms with Crippen LogP contribution in [0, 0.1) is 0 Å². The van der Waals surface area contributed by atoms with Gasteiger partial charge >= 0.3 is 6.18 Å². The molecule has 37 heavy (non-hydrogen) atoms. The standard InChI is InChI=1S/C25H24F3N5O3S/c1-37(35,36)20-8-9-21-16(10-20)11-29-22(21)23(34)32-18-12-30-24(31-13-18)33(19-6-7-19)14-15-2-4-17(5-3-15)25(26,27)28/h2-5,8-10,12-13,19,22,29H,6-7,11,14H2,1H3,(H,32,34). The molecule has 5 rings (SSSR count). The minimum Gasteiger partial charge on any atom is -0.334 e. The van der Waals surface area contributed by atoms with Crippen molar-refractivity contribution in [2.75, 3.05) is 16.5 Å². The lowest BCUT2D eigenvalue weighted by Gasteiger charge is -2.23. The molecule has 1 aliphatic carbocycles. The van der Waals surface area contributed by atoms with Gasteiger partial charge in [-0.3, -0.25) is 10.1 Å². The van der Waals surface area contributed by atoms with Gasteiger partial charge in [0.05, 0.1) is 28.5 Å². The highest BCUT2D eigenvalue weighted by Gasteiger charge is 2.33. The van der Waals surface area contributed by atoms with Crippen molar-refractivity contribution in [1.82, 2.24) is 15.3 Å². The van der Waals surface area contributed by atoms with Gasteiger partial charge in [0.15, 0.2) is 9.84 Å². The number of benzene rings is 2. The normalized spacial score (nSPS) is 17.4. The molecule has 1 amide bonds. The maximum Gasteiger partial charge on any atom is 0.416 e. The number of fused-ring (bicyclic) bond motifs is 1. The molecule has 1 fully saturated rings. The van der Waals surface area contributed by atoms with E-state index in [9.17, 15) is 26.4 Å². The average molecular weight is 532 g/mol. The Morgan fingerprint density at radius 3 is 2.38 bits per heavy atom. The molecule has 0 radical (unpaired) electrons. The second-order valence-electron chi connectivity index (χ2n) is 9.26. The van der Waals surface area contributed by atoms with Gasteiger partial charge in [0, 0.05) is 25.4 Å². The molecule has 8 nitrogen and oxygen atoms in total. The van der Waals surface area contributed by atoms with Gasteiger partial charge in [0.25, 0.3) is 0 Å². The van der Waals surface area contributed by atoms with Crippen LogP contribution in [0.4, 0.5) is 24.8 Å². The van der Waals surface area contributed by atoms with Crippen LogP contribution < -0.4 is 15.5 Å². The van der Waals surface area contributed by atoms with E-state index in [1.807, 2.05) is 4.90 Å². The number of carbonyl (C=O) groups is 1. The van der Waals surface area contributed by atoms with Gasteiger partial charge in [-0.25, -0.2) is 18.4 Å². The minimum absolute atomic E-state index is 0.203. The van der Waals surface area contributed by atoms with Crippen molar-refractivity contribution in [3.63, 3.8) is 0 Å². The molecule has 1 aliphatic heterocycles. The fraction of sp³-hybridized carbons (Fsp3) is 0.320. The third kappa shape index (κ3) is 5.59. The molecule has 0 spiro atoms. The van der Waals surface area contributed by atoms with Gasteiger partial charge in [0.1, 0.15) is 6.04 Å². The lowest BCUT2D eigenvalue weighted by molar-refractivity contribution is -0.137. The predicted molar refractivity (Wildman–Crippen MR) is 130 cm³/mol. The number of carbonyl (C=O) groups excluding carboxylic acids is 1. The van der Waals surface area contributed by atoms with Gasteiger partial charge in [0.2, 0.25) is 11.9 Å². The van der Waals surface area contributed by atoms with E-state index in [1.54, 1.807) is 12.1 Å². The molecule has 1 unspecified atom stereocenters.